The van der Waals surface area contributed by atoms with Gasteiger partial charge in [-0.3, -0.25) is 16.3 Å². The van der Waals surface area contributed by atoms with Crippen LogP contribution < -0.4 is 0 Å². The largest absolute Gasteiger partial charge is 0.333 e. The van der Waals surface area contributed by atoms with Gasteiger partial charge < -0.3 is 9.55 Å². The van der Waals surface area contributed by atoms with Crippen LogP contribution >= 0.6 is 11.3 Å². The molecule has 3 heterocycles. The molecule has 261 valence electrons. The summed E-state index contributed by atoms with van der Waals surface area (Å²) in [6.45, 7) is -2.09. The van der Waals surface area contributed by atoms with Crippen LogP contribution in [0.2, 0.25) is 0 Å². The Morgan fingerprint density at radius 3 is 2.15 bits per heavy atom. The van der Waals surface area contributed by atoms with E-state index < -0.39 is 6.85 Å². The molecule has 0 aliphatic rings. The summed E-state index contributed by atoms with van der Waals surface area (Å²) in [6, 6.07) is 63.3. The summed E-state index contributed by atoms with van der Waals surface area (Å²) in [6.07, 6.45) is 1.39. The van der Waals surface area contributed by atoms with E-state index in [1.807, 2.05) is 18.2 Å². The van der Waals surface area contributed by atoms with E-state index in [-0.39, 0.29) is 25.7 Å². The molecule has 0 atom stereocenters. The summed E-state index contributed by atoms with van der Waals surface area (Å²) in [5.74, 6) is 0.913. The molecule has 10 aromatic rings. The van der Waals surface area contributed by atoms with Crippen LogP contribution in [-0.4, -0.2) is 14.5 Å². The molecule has 5 heteroatoms. The number of aromatic nitrogens is 3. The third-order valence-corrected chi connectivity index (χ3v) is 10.2. The molecule has 0 aliphatic carbocycles. The molecule has 7 aromatic carbocycles. The Morgan fingerprint density at radius 1 is 0.630 bits per heavy atom. The quantitative estimate of drug-likeness (QED) is 0.161. The molecular weight excluding hydrogens is 855 g/mol. The summed E-state index contributed by atoms with van der Waals surface area (Å²) >= 11 is 1.65. The van der Waals surface area contributed by atoms with Crippen LogP contribution in [0.15, 0.2) is 182 Å². The average Bonchev–Trinajstić information content (AvgIpc) is 3.85. The van der Waals surface area contributed by atoms with E-state index in [0.29, 0.717) is 0 Å². The molecule has 0 fully saturated rings. The Balaban J connectivity index is 0.000000226. The number of rotatable bonds is 5. The molecule has 10 rings (SSSR count). The van der Waals surface area contributed by atoms with E-state index in [2.05, 4.69) is 161 Å². The van der Waals surface area contributed by atoms with Gasteiger partial charge in [-0.05, 0) is 81.5 Å². The van der Waals surface area contributed by atoms with E-state index in [4.69, 9.17) is 9.10 Å². The monoisotopic (exact) mass is 891 g/mol. The molecule has 0 aliphatic heterocycles. The van der Waals surface area contributed by atoms with Crippen LogP contribution in [0.25, 0.3) is 82.5 Å². The van der Waals surface area contributed by atoms with E-state index in [0.717, 1.165) is 39.4 Å². The van der Waals surface area contributed by atoms with Gasteiger partial charge in [0.2, 0.25) is 0 Å². The van der Waals surface area contributed by atoms with Crippen LogP contribution in [0.3, 0.4) is 0 Å². The Kier molecular flexibility index (Phi) is 9.09. The van der Waals surface area contributed by atoms with Gasteiger partial charge >= 0.3 is 0 Å². The number of aryl methyl sites for hydroxylation is 1. The molecule has 0 amide bonds. The summed E-state index contributed by atoms with van der Waals surface area (Å²) in [7, 11) is 0. The number of thiophene rings is 1. The zero-order chi connectivity index (χ0) is 38.1. The van der Waals surface area contributed by atoms with Crippen molar-refractivity contribution in [3.8, 4) is 50.6 Å². The van der Waals surface area contributed by atoms with Gasteiger partial charge in [-0.2, -0.15) is 0 Å². The van der Waals surface area contributed by atoms with Crippen LogP contribution in [0.4, 0.5) is 0 Å². The smallest absolute Gasteiger partial charge is 0.0774 e. The van der Waals surface area contributed by atoms with Gasteiger partial charge in [0.25, 0.3) is 0 Å². The molecule has 0 saturated heterocycles. The first-order valence-electron chi connectivity index (χ1n) is 18.9. The summed E-state index contributed by atoms with van der Waals surface area (Å²) in [4.78, 5) is 9.27. The van der Waals surface area contributed by atoms with Crippen LogP contribution in [0.1, 0.15) is 9.68 Å². The summed E-state index contributed by atoms with van der Waals surface area (Å²) in [5, 5.41) is 7.28. The number of para-hydroxylation sites is 2. The topological polar surface area (TPSA) is 30.7 Å². The minimum Gasteiger partial charge on any atom is -0.333 e. The fourth-order valence-corrected chi connectivity index (χ4v) is 7.50. The van der Waals surface area contributed by atoms with E-state index in [1.165, 1.54) is 49.3 Å². The maximum absolute atomic E-state index is 7.23. The van der Waals surface area contributed by atoms with Gasteiger partial charge in [0, 0.05) is 36.1 Å². The minimum absolute atomic E-state index is 0. The SMILES string of the molecule is [2H]C([2H])([2H])c1ccc(-c2[c-]cccc2)nc1.[Ir].[c-]1sc2ccc(-c3ccc4ccccc4c3)cc2c1-c1nc2ccccc2n1-c1ccc(-c2ccccc2)cc1. The molecule has 54 heavy (non-hydrogen) atoms. The van der Waals surface area contributed by atoms with E-state index in [9.17, 15) is 0 Å². The number of benzene rings is 7. The zero-order valence-electron chi connectivity index (χ0n) is 31.9. The standard InChI is InChI=1S/C37H23N2S.C12H10N.Ir/c1-2-8-25(9-3-1)27-16-19-31(20-17-27)39-35-13-7-6-12-34(35)38-37(39)33-24-40-36-21-18-30(23-32(33)36)29-15-14-26-10-4-5-11-28(26)22-29;1-10-7-8-12(13-9-10)11-5-3-2-4-6-11;/h1-23H;2-5,7-9H,1H3;/q2*-1;/i;1D3;. The fourth-order valence-electron chi connectivity index (χ4n) is 6.68. The second kappa shape index (κ2) is 15.6. The van der Waals surface area contributed by atoms with Crippen molar-refractivity contribution in [2.75, 3.05) is 0 Å². The van der Waals surface area contributed by atoms with Crippen molar-refractivity contribution in [2.24, 2.45) is 0 Å². The fraction of sp³-hybridized carbons (Fsp3) is 0.0204. The number of hydrogen-bond acceptors (Lipinski definition) is 3. The number of hydrogen-bond donors (Lipinski definition) is 0. The Hall–Kier alpha value is -5.97. The van der Waals surface area contributed by atoms with Crippen molar-refractivity contribution >= 4 is 43.2 Å². The van der Waals surface area contributed by atoms with Crippen molar-refractivity contribution in [3.05, 3.63) is 199 Å². The molecule has 0 spiro atoms. The van der Waals surface area contributed by atoms with Gasteiger partial charge in [-0.25, -0.2) is 0 Å². The molecule has 1 radical (unpaired) electrons. The third kappa shape index (κ3) is 7.05. The molecule has 0 N–H and O–H groups in total. The number of fused-ring (bicyclic) bond motifs is 3. The minimum atomic E-state index is -2.09. The Bertz CT molecular complexity index is 2940. The van der Waals surface area contributed by atoms with E-state index >= 15 is 0 Å². The van der Waals surface area contributed by atoms with Gasteiger partial charge in [-0.1, -0.05) is 137 Å². The Morgan fingerprint density at radius 2 is 1.35 bits per heavy atom. The van der Waals surface area contributed by atoms with Crippen LogP contribution in [0.5, 0.6) is 0 Å². The first-order chi connectivity index (χ1) is 27.4. The maximum atomic E-state index is 7.23. The summed E-state index contributed by atoms with van der Waals surface area (Å²) < 4.78 is 25.2. The van der Waals surface area contributed by atoms with Gasteiger partial charge in [-0.15, -0.1) is 41.3 Å². The first-order valence-corrected chi connectivity index (χ1v) is 18.2. The Labute approximate surface area is 336 Å². The second-order valence-corrected chi connectivity index (χ2v) is 13.6. The van der Waals surface area contributed by atoms with Gasteiger partial charge in [0.1, 0.15) is 0 Å². The van der Waals surface area contributed by atoms with Gasteiger partial charge in [0.15, 0.2) is 0 Å². The number of nitrogens with zero attached hydrogens (tertiary/aromatic N) is 3. The van der Waals surface area contributed by atoms with Crippen molar-refractivity contribution in [1.29, 1.82) is 0 Å². The van der Waals surface area contributed by atoms with Crippen molar-refractivity contribution in [1.82, 2.24) is 14.5 Å². The van der Waals surface area contributed by atoms with Crippen molar-refractivity contribution in [2.45, 2.75) is 6.85 Å². The zero-order valence-corrected chi connectivity index (χ0v) is 32.1. The molecule has 3 nitrogen and oxygen atoms in total. The van der Waals surface area contributed by atoms with Crippen molar-refractivity contribution < 1.29 is 24.2 Å². The predicted octanol–water partition coefficient (Wildman–Crippen LogP) is 13.0. The molecule has 3 aromatic heterocycles. The molecular formula is C49H33IrN3S-2. The normalized spacial score (nSPS) is 12.0. The third-order valence-electron chi connectivity index (χ3n) is 9.36. The van der Waals surface area contributed by atoms with Gasteiger partial charge in [0.05, 0.1) is 16.9 Å². The predicted molar refractivity (Wildman–Crippen MR) is 222 cm³/mol. The number of pyridine rings is 1. The number of imidazole rings is 1. The molecule has 0 saturated carbocycles. The molecule has 0 bridgehead atoms. The van der Waals surface area contributed by atoms with Crippen LogP contribution in [-0.2, 0) is 20.1 Å². The van der Waals surface area contributed by atoms with Crippen LogP contribution in [0, 0.1) is 18.3 Å². The maximum Gasteiger partial charge on any atom is 0.0774 e. The summed E-state index contributed by atoms with van der Waals surface area (Å²) in [5.41, 5.74) is 10.8. The first kappa shape index (κ1) is 31.5. The molecule has 0 unspecified atom stereocenters. The average molecular weight is 891 g/mol. The van der Waals surface area contributed by atoms with E-state index in [1.54, 1.807) is 29.5 Å². The van der Waals surface area contributed by atoms with Crippen molar-refractivity contribution in [3.63, 3.8) is 0 Å². The second-order valence-electron chi connectivity index (χ2n) is 12.7.